The molecule has 2 aromatic heterocycles. The molecule has 4 rings (SSSR count). The van der Waals surface area contributed by atoms with Crippen LogP contribution in [0.2, 0.25) is 0 Å². The van der Waals surface area contributed by atoms with Crippen LogP contribution in [0.4, 0.5) is 5.95 Å². The van der Waals surface area contributed by atoms with Gasteiger partial charge in [-0.25, -0.2) is 9.97 Å². The summed E-state index contributed by atoms with van der Waals surface area (Å²) in [6.45, 7) is 13.0. The molecule has 3 heterocycles. The van der Waals surface area contributed by atoms with Gasteiger partial charge < -0.3 is 10.6 Å². The molecule has 0 amide bonds. The Balaban J connectivity index is 1.49. The van der Waals surface area contributed by atoms with E-state index in [1.54, 1.807) is 18.4 Å². The van der Waals surface area contributed by atoms with Crippen LogP contribution < -0.4 is 16.1 Å². The Kier molecular flexibility index (Phi) is 6.56. The van der Waals surface area contributed by atoms with Crippen molar-refractivity contribution in [3.8, 4) is 21.0 Å². The lowest BCUT2D eigenvalue weighted by Crippen LogP contribution is -2.60. The van der Waals surface area contributed by atoms with Gasteiger partial charge in [-0.2, -0.15) is 0 Å². The number of benzene rings is 1. The molecule has 6 nitrogen and oxygen atoms in total. The Hall–Kier alpha value is -2.74. The van der Waals surface area contributed by atoms with E-state index in [9.17, 15) is 0 Å². The number of thiophene rings is 1. The van der Waals surface area contributed by atoms with E-state index in [0.717, 1.165) is 40.2 Å². The first-order valence-electron chi connectivity index (χ1n) is 11.2. The van der Waals surface area contributed by atoms with Gasteiger partial charge in [0.05, 0.1) is 23.4 Å². The quantitative estimate of drug-likeness (QED) is 0.390. The van der Waals surface area contributed by atoms with Crippen molar-refractivity contribution in [2.45, 2.75) is 57.7 Å². The summed E-state index contributed by atoms with van der Waals surface area (Å²) in [5.41, 5.74) is 6.74. The Morgan fingerprint density at radius 2 is 1.70 bits per heavy atom. The Labute approximate surface area is 200 Å². The number of nitrogens with one attached hydrogen (secondary N) is 3. The lowest BCUT2D eigenvalue weighted by Gasteiger charge is -2.46. The van der Waals surface area contributed by atoms with Gasteiger partial charge in [0.1, 0.15) is 0 Å². The van der Waals surface area contributed by atoms with E-state index < -0.39 is 0 Å². The molecule has 1 aromatic carbocycles. The van der Waals surface area contributed by atoms with Crippen molar-refractivity contribution >= 4 is 23.0 Å². The molecule has 33 heavy (non-hydrogen) atoms. The van der Waals surface area contributed by atoms with Gasteiger partial charge in [-0.15, -0.1) is 11.3 Å². The number of nitrogens with zero attached hydrogens (tertiary/aromatic N) is 2. The molecular formula is C26H33N5OS. The number of piperidine rings is 1. The molecule has 1 aliphatic heterocycles. The fourth-order valence-corrected chi connectivity index (χ4v) is 5.80. The molecule has 0 spiro atoms. The topological polar surface area (TPSA) is 71.1 Å². The van der Waals surface area contributed by atoms with E-state index in [2.05, 4.69) is 79.6 Å². The molecular weight excluding hydrogens is 430 g/mol. The summed E-state index contributed by atoms with van der Waals surface area (Å²) in [6.07, 6.45) is 3.88. The lowest BCUT2D eigenvalue weighted by atomic mass is 9.80. The Morgan fingerprint density at radius 3 is 2.36 bits per heavy atom. The molecule has 0 bridgehead atoms. The van der Waals surface area contributed by atoms with Crippen molar-refractivity contribution in [2.24, 2.45) is 0 Å². The summed E-state index contributed by atoms with van der Waals surface area (Å²) in [4.78, 5) is 16.6. The highest BCUT2D eigenvalue weighted by atomic mass is 32.1. The van der Waals surface area contributed by atoms with Crippen LogP contribution in [0.3, 0.4) is 0 Å². The van der Waals surface area contributed by atoms with Crippen LogP contribution >= 0.6 is 11.3 Å². The molecule has 1 saturated heterocycles. The summed E-state index contributed by atoms with van der Waals surface area (Å²) < 4.78 is 0. The van der Waals surface area contributed by atoms with Gasteiger partial charge in [-0.1, -0.05) is 30.8 Å². The van der Waals surface area contributed by atoms with Crippen molar-refractivity contribution in [3.05, 3.63) is 60.8 Å². The minimum Gasteiger partial charge on any atom is -0.351 e. The number of aromatic nitrogens is 2. The van der Waals surface area contributed by atoms with Crippen molar-refractivity contribution in [3.63, 3.8) is 0 Å². The Bertz CT molecular complexity index is 1100. The molecule has 0 radical (unpaired) electrons. The van der Waals surface area contributed by atoms with Gasteiger partial charge in [-0.05, 0) is 69.9 Å². The summed E-state index contributed by atoms with van der Waals surface area (Å²) >= 11 is 1.73. The van der Waals surface area contributed by atoms with Crippen molar-refractivity contribution in [1.82, 2.24) is 20.8 Å². The summed E-state index contributed by atoms with van der Waals surface area (Å²) in [6, 6.07) is 14.8. The number of rotatable bonds is 7. The number of hydrogen-bond donors (Lipinski definition) is 3. The maximum Gasteiger partial charge on any atom is 0.223 e. The average molecular weight is 464 g/mol. The zero-order valence-electron chi connectivity index (χ0n) is 20.0. The number of hydrogen-bond acceptors (Lipinski definition) is 7. The van der Waals surface area contributed by atoms with Crippen LogP contribution in [0.5, 0.6) is 0 Å². The average Bonchev–Trinajstić information content (AvgIpc) is 3.22. The minimum atomic E-state index is 0.0707. The fourth-order valence-electron chi connectivity index (χ4n) is 4.82. The van der Waals surface area contributed by atoms with Gasteiger partial charge in [-0.3, -0.25) is 10.3 Å². The van der Waals surface area contributed by atoms with E-state index >= 15 is 0 Å². The van der Waals surface area contributed by atoms with Crippen LogP contribution in [-0.2, 0) is 4.84 Å². The summed E-state index contributed by atoms with van der Waals surface area (Å²) in [5.74, 6) is 0.689. The maximum absolute atomic E-state index is 4.94. The second-order valence-electron chi connectivity index (χ2n) is 9.93. The molecule has 0 unspecified atom stereocenters. The van der Waals surface area contributed by atoms with Gasteiger partial charge in [0.25, 0.3) is 0 Å². The summed E-state index contributed by atoms with van der Waals surface area (Å²) in [7, 11) is 1.58. The highest BCUT2D eigenvalue weighted by molar-refractivity contribution is 7.18. The van der Waals surface area contributed by atoms with Crippen LogP contribution in [0.1, 0.15) is 46.1 Å². The van der Waals surface area contributed by atoms with Crippen molar-refractivity contribution in [1.29, 1.82) is 0 Å². The van der Waals surface area contributed by atoms with E-state index in [1.807, 2.05) is 24.4 Å². The second-order valence-corrected chi connectivity index (χ2v) is 11.0. The van der Waals surface area contributed by atoms with Crippen LogP contribution in [0.25, 0.3) is 26.7 Å². The molecule has 174 valence electrons. The SMILES string of the molecule is C=C(NOC)c1ccc(-c2ccc(-c3ccnc(NC4CC(C)(C)NC(C)(C)C4)n3)s2)cc1. The van der Waals surface area contributed by atoms with Gasteiger partial charge in [0, 0.05) is 28.2 Å². The molecule has 3 aromatic rings. The highest BCUT2D eigenvalue weighted by Crippen LogP contribution is 2.35. The molecule has 0 aliphatic carbocycles. The standard InChI is InChI=1S/C26H33N5OS/c1-17(30-32-6)18-7-9-19(10-8-18)22-11-12-23(33-22)21-13-14-27-24(29-21)28-20-15-25(2,3)31-26(4,5)16-20/h7-14,20,30-31H,1,15-16H2,2-6H3,(H,27,28,29). The largest absolute Gasteiger partial charge is 0.351 e. The third kappa shape index (κ3) is 5.79. The second kappa shape index (κ2) is 9.25. The number of anilines is 1. The monoisotopic (exact) mass is 463 g/mol. The zero-order valence-corrected chi connectivity index (χ0v) is 20.8. The normalized spacial score (nSPS) is 17.5. The molecule has 0 atom stereocenters. The molecule has 3 N–H and O–H groups in total. The zero-order chi connectivity index (χ0) is 23.6. The van der Waals surface area contributed by atoms with Crippen LogP contribution in [-0.4, -0.2) is 34.2 Å². The molecule has 1 fully saturated rings. The number of hydroxylamine groups is 1. The minimum absolute atomic E-state index is 0.0707. The van der Waals surface area contributed by atoms with E-state index in [0.29, 0.717) is 12.0 Å². The first-order valence-corrected chi connectivity index (χ1v) is 12.0. The van der Waals surface area contributed by atoms with Gasteiger partial charge in [0.15, 0.2) is 0 Å². The smallest absolute Gasteiger partial charge is 0.223 e. The van der Waals surface area contributed by atoms with Crippen molar-refractivity contribution < 1.29 is 4.84 Å². The van der Waals surface area contributed by atoms with Crippen LogP contribution in [0, 0.1) is 0 Å². The lowest BCUT2D eigenvalue weighted by molar-refractivity contribution is 0.137. The first-order chi connectivity index (χ1) is 15.6. The predicted octanol–water partition coefficient (Wildman–Crippen LogP) is 5.71. The van der Waals surface area contributed by atoms with Gasteiger partial charge in [0.2, 0.25) is 5.95 Å². The van der Waals surface area contributed by atoms with Crippen molar-refractivity contribution in [2.75, 3.05) is 12.4 Å². The van der Waals surface area contributed by atoms with E-state index in [4.69, 9.17) is 9.82 Å². The first kappa shape index (κ1) is 23.4. The van der Waals surface area contributed by atoms with E-state index in [-0.39, 0.29) is 11.1 Å². The van der Waals surface area contributed by atoms with Gasteiger partial charge >= 0.3 is 0 Å². The maximum atomic E-state index is 4.94. The van der Waals surface area contributed by atoms with Crippen LogP contribution in [0.15, 0.2) is 55.2 Å². The third-order valence-corrected chi connectivity index (χ3v) is 6.94. The molecule has 0 saturated carbocycles. The highest BCUT2D eigenvalue weighted by Gasteiger charge is 2.37. The molecule has 1 aliphatic rings. The van der Waals surface area contributed by atoms with E-state index in [1.165, 1.54) is 4.88 Å². The fraction of sp³-hybridized carbons (Fsp3) is 0.385. The summed E-state index contributed by atoms with van der Waals surface area (Å²) in [5, 5.41) is 7.31. The Morgan fingerprint density at radius 1 is 1.03 bits per heavy atom. The molecule has 7 heteroatoms. The third-order valence-electron chi connectivity index (χ3n) is 5.78. The predicted molar refractivity (Wildman–Crippen MR) is 138 cm³/mol.